The molecule has 0 aliphatic heterocycles. The third-order valence-electron chi connectivity index (χ3n) is 2.16. The number of hydrogen-bond acceptors (Lipinski definition) is 3. The quantitative estimate of drug-likeness (QED) is 0.408. The molecule has 4 nitrogen and oxygen atoms in total. The molecule has 0 saturated heterocycles. The van der Waals surface area contributed by atoms with Crippen molar-refractivity contribution in [2.45, 2.75) is 33.6 Å². The van der Waals surface area contributed by atoms with E-state index in [1.165, 1.54) is 0 Å². The average molecular weight is 226 g/mol. The molecule has 1 N–H and O–H groups in total. The zero-order valence-electron chi connectivity index (χ0n) is 9.16. The zero-order chi connectivity index (χ0) is 10.6. The van der Waals surface area contributed by atoms with Crippen molar-refractivity contribution in [2.75, 3.05) is 0 Å². The molecule has 76 valence electrons. The maximum Gasteiger partial charge on any atom is 1.00 e. The molecule has 0 aromatic carbocycles. The summed E-state index contributed by atoms with van der Waals surface area (Å²) >= 11 is 0. The smallest absolute Gasteiger partial charge is 0.549 e. The summed E-state index contributed by atoms with van der Waals surface area (Å²) in [6.07, 6.45) is 0.171. The summed E-state index contributed by atoms with van der Waals surface area (Å²) in [5.41, 5.74) is -1.71. The minimum Gasteiger partial charge on any atom is -0.549 e. The SMILES string of the molecule is CCC(CC(C)C)(C(=O)[O-])C(=O)O.[K+]. The second kappa shape index (κ2) is 6.95. The molecule has 0 heterocycles. The molecule has 14 heavy (non-hydrogen) atoms. The van der Waals surface area contributed by atoms with E-state index in [2.05, 4.69) is 0 Å². The Hall–Kier alpha value is 0.576. The van der Waals surface area contributed by atoms with Crippen LogP contribution in [0.2, 0.25) is 0 Å². The average Bonchev–Trinajstić information content (AvgIpc) is 1.98. The van der Waals surface area contributed by atoms with Crippen LogP contribution in [0.3, 0.4) is 0 Å². The fourth-order valence-corrected chi connectivity index (χ4v) is 1.39. The number of carboxylic acid groups (broad SMARTS) is 2. The predicted molar refractivity (Wildman–Crippen MR) is 44.8 cm³/mol. The van der Waals surface area contributed by atoms with Crippen molar-refractivity contribution in [3.05, 3.63) is 0 Å². The third kappa shape index (κ3) is 3.98. The van der Waals surface area contributed by atoms with Crippen LogP contribution in [0.4, 0.5) is 0 Å². The van der Waals surface area contributed by atoms with Crippen molar-refractivity contribution in [3.8, 4) is 0 Å². The molecular weight excluding hydrogens is 211 g/mol. The standard InChI is InChI=1S/C9H16O4.K/c1-4-9(7(10)11,8(12)13)5-6(2)3;/h6H,4-5H2,1-3H3,(H,10,11)(H,12,13);/q;+1/p-1. The predicted octanol–water partition coefficient (Wildman–Crippen LogP) is -2.73. The molecule has 0 bridgehead atoms. The topological polar surface area (TPSA) is 77.4 Å². The van der Waals surface area contributed by atoms with Gasteiger partial charge in [0.2, 0.25) is 0 Å². The number of aliphatic carboxylic acids is 2. The van der Waals surface area contributed by atoms with E-state index in [0.29, 0.717) is 0 Å². The third-order valence-corrected chi connectivity index (χ3v) is 2.16. The van der Waals surface area contributed by atoms with Crippen molar-refractivity contribution in [2.24, 2.45) is 11.3 Å². The largest absolute Gasteiger partial charge is 1.00 e. The first-order chi connectivity index (χ1) is 5.86. The van der Waals surface area contributed by atoms with Crippen molar-refractivity contribution < 1.29 is 71.2 Å². The first-order valence-corrected chi connectivity index (χ1v) is 4.31. The molecule has 0 fully saturated rings. The molecule has 0 aromatic heterocycles. The van der Waals surface area contributed by atoms with Gasteiger partial charge in [-0.3, -0.25) is 4.79 Å². The molecule has 0 aromatic rings. The second-order valence-electron chi connectivity index (χ2n) is 3.63. The van der Waals surface area contributed by atoms with Crippen LogP contribution >= 0.6 is 0 Å². The van der Waals surface area contributed by atoms with Crippen LogP contribution in [0.1, 0.15) is 33.6 Å². The van der Waals surface area contributed by atoms with E-state index in [0.717, 1.165) is 0 Å². The van der Waals surface area contributed by atoms with E-state index in [9.17, 15) is 14.7 Å². The Kier molecular flexibility index (Phi) is 8.43. The van der Waals surface area contributed by atoms with Crippen molar-refractivity contribution >= 4 is 11.9 Å². The molecular formula is C9H15KO4. The van der Waals surface area contributed by atoms with Crippen LogP contribution in [0.15, 0.2) is 0 Å². The van der Waals surface area contributed by atoms with Crippen molar-refractivity contribution in [3.63, 3.8) is 0 Å². The van der Waals surface area contributed by atoms with Gasteiger partial charge >= 0.3 is 57.4 Å². The Morgan fingerprint density at radius 2 is 1.86 bits per heavy atom. The van der Waals surface area contributed by atoms with Gasteiger partial charge in [-0.25, -0.2) is 0 Å². The van der Waals surface area contributed by atoms with E-state index in [1.54, 1.807) is 20.8 Å². The Labute approximate surface area is 126 Å². The van der Waals surface area contributed by atoms with Gasteiger partial charge in [0.1, 0.15) is 5.41 Å². The van der Waals surface area contributed by atoms with Crippen LogP contribution < -0.4 is 56.5 Å². The number of hydrogen-bond donors (Lipinski definition) is 1. The molecule has 0 aliphatic carbocycles. The summed E-state index contributed by atoms with van der Waals surface area (Å²) in [7, 11) is 0. The van der Waals surface area contributed by atoms with E-state index >= 15 is 0 Å². The number of rotatable bonds is 5. The maximum absolute atomic E-state index is 10.8. The molecule has 0 saturated carbocycles. The molecule has 1 atom stereocenters. The molecule has 5 heteroatoms. The van der Waals surface area contributed by atoms with Gasteiger partial charge in [0, 0.05) is 0 Å². The summed E-state index contributed by atoms with van der Waals surface area (Å²) in [6, 6.07) is 0. The minimum atomic E-state index is -1.71. The van der Waals surface area contributed by atoms with Crippen molar-refractivity contribution in [1.82, 2.24) is 0 Å². The molecule has 0 rings (SSSR count). The fraction of sp³-hybridized carbons (Fsp3) is 0.778. The molecule has 0 radical (unpaired) electrons. The number of carbonyl (C=O) groups excluding carboxylic acids is 1. The van der Waals surface area contributed by atoms with Gasteiger partial charge in [0.25, 0.3) is 0 Å². The second-order valence-corrected chi connectivity index (χ2v) is 3.63. The van der Waals surface area contributed by atoms with Gasteiger partial charge in [-0.05, 0) is 18.8 Å². The monoisotopic (exact) mass is 226 g/mol. The van der Waals surface area contributed by atoms with Gasteiger partial charge in [-0.2, -0.15) is 0 Å². The van der Waals surface area contributed by atoms with Gasteiger partial charge < -0.3 is 15.0 Å². The normalized spacial score (nSPS) is 14.3. The van der Waals surface area contributed by atoms with Crippen molar-refractivity contribution in [1.29, 1.82) is 0 Å². The fourth-order valence-electron chi connectivity index (χ4n) is 1.39. The summed E-state index contributed by atoms with van der Waals surface area (Å²) in [6.45, 7) is 5.12. The summed E-state index contributed by atoms with van der Waals surface area (Å²) < 4.78 is 0. The molecule has 0 amide bonds. The molecule has 1 unspecified atom stereocenters. The number of carbonyl (C=O) groups is 2. The van der Waals surface area contributed by atoms with Crippen LogP contribution in [-0.2, 0) is 9.59 Å². The Bertz CT molecular complexity index is 199. The first-order valence-electron chi connectivity index (χ1n) is 4.31. The molecule has 0 aliphatic rings. The molecule has 0 spiro atoms. The van der Waals surface area contributed by atoms with E-state index in [1.807, 2.05) is 0 Å². The first kappa shape index (κ1) is 17.0. The van der Waals surface area contributed by atoms with Gasteiger partial charge in [0.05, 0.1) is 5.97 Å². The van der Waals surface area contributed by atoms with E-state index in [4.69, 9.17) is 5.11 Å². The minimum absolute atomic E-state index is 0. The number of carboxylic acids is 2. The zero-order valence-corrected chi connectivity index (χ0v) is 12.3. The van der Waals surface area contributed by atoms with Crippen LogP contribution in [-0.4, -0.2) is 17.0 Å². The Morgan fingerprint density at radius 1 is 1.43 bits per heavy atom. The summed E-state index contributed by atoms with van der Waals surface area (Å²) in [5.74, 6) is -2.77. The van der Waals surface area contributed by atoms with E-state index in [-0.39, 0.29) is 70.1 Å². The summed E-state index contributed by atoms with van der Waals surface area (Å²) in [4.78, 5) is 21.5. The van der Waals surface area contributed by atoms with E-state index < -0.39 is 17.4 Å². The van der Waals surface area contributed by atoms with Crippen LogP contribution in [0, 0.1) is 11.3 Å². The van der Waals surface area contributed by atoms with Gasteiger partial charge in [0.15, 0.2) is 0 Å². The summed E-state index contributed by atoms with van der Waals surface area (Å²) in [5, 5.41) is 19.6. The van der Waals surface area contributed by atoms with Gasteiger partial charge in [-0.1, -0.05) is 20.8 Å². The maximum atomic E-state index is 10.8. The van der Waals surface area contributed by atoms with Crippen LogP contribution in [0.5, 0.6) is 0 Å². The Morgan fingerprint density at radius 3 is 1.93 bits per heavy atom. The Balaban J connectivity index is 0. The van der Waals surface area contributed by atoms with Crippen LogP contribution in [0.25, 0.3) is 0 Å². The van der Waals surface area contributed by atoms with Gasteiger partial charge in [-0.15, -0.1) is 0 Å².